The molecule has 196 valence electrons. The van der Waals surface area contributed by atoms with Crippen LogP contribution in [0.2, 0.25) is 0 Å². The van der Waals surface area contributed by atoms with Crippen LogP contribution in [0.5, 0.6) is 11.5 Å². The van der Waals surface area contributed by atoms with Gasteiger partial charge in [-0.15, -0.1) is 0 Å². The van der Waals surface area contributed by atoms with Crippen molar-refractivity contribution in [2.24, 2.45) is 0 Å². The third kappa shape index (κ3) is 7.13. The lowest BCUT2D eigenvalue weighted by Gasteiger charge is -2.33. The van der Waals surface area contributed by atoms with Crippen molar-refractivity contribution in [3.63, 3.8) is 0 Å². The first-order chi connectivity index (χ1) is 17.1. The minimum absolute atomic E-state index is 0.0946. The third-order valence-corrected chi connectivity index (χ3v) is 6.93. The highest BCUT2D eigenvalue weighted by molar-refractivity contribution is 7.92. The number of benzene rings is 2. The smallest absolute Gasteiger partial charge is 0.244 e. The van der Waals surface area contributed by atoms with Crippen molar-refractivity contribution in [1.29, 1.82) is 0 Å². The molecule has 1 aliphatic heterocycles. The van der Waals surface area contributed by atoms with Gasteiger partial charge in [0.25, 0.3) is 0 Å². The maximum atomic E-state index is 13.7. The maximum Gasteiger partial charge on any atom is 0.244 e. The van der Waals surface area contributed by atoms with E-state index in [2.05, 4.69) is 5.32 Å². The summed E-state index contributed by atoms with van der Waals surface area (Å²) in [6.07, 6.45) is 1.97. The molecule has 3 rings (SSSR count). The quantitative estimate of drug-likeness (QED) is 0.491. The van der Waals surface area contributed by atoms with Crippen molar-refractivity contribution >= 4 is 27.5 Å². The van der Waals surface area contributed by atoms with Crippen LogP contribution < -0.4 is 19.1 Å². The second kappa shape index (κ2) is 12.1. The molecule has 0 fully saturated rings. The number of amides is 2. The molecule has 2 aromatic carbocycles. The van der Waals surface area contributed by atoms with E-state index >= 15 is 0 Å². The molecule has 1 N–H and O–H groups in total. The molecular formula is C26H35N3O6S. The van der Waals surface area contributed by atoms with Gasteiger partial charge < -0.3 is 19.7 Å². The van der Waals surface area contributed by atoms with E-state index in [4.69, 9.17) is 9.47 Å². The molecule has 1 heterocycles. The van der Waals surface area contributed by atoms with Crippen molar-refractivity contribution in [2.75, 3.05) is 36.9 Å². The Morgan fingerprint density at radius 3 is 2.31 bits per heavy atom. The van der Waals surface area contributed by atoms with Crippen molar-refractivity contribution in [3.8, 4) is 11.5 Å². The van der Waals surface area contributed by atoms with Crippen molar-refractivity contribution in [2.45, 2.75) is 45.7 Å². The van der Waals surface area contributed by atoms with E-state index in [1.54, 1.807) is 18.2 Å². The molecule has 0 radical (unpaired) electrons. The van der Waals surface area contributed by atoms with Crippen LogP contribution in [0.1, 0.15) is 32.8 Å². The Labute approximate surface area is 213 Å². The van der Waals surface area contributed by atoms with Gasteiger partial charge in [-0.05, 0) is 44.4 Å². The first kappa shape index (κ1) is 27.3. The highest BCUT2D eigenvalue weighted by atomic mass is 32.2. The Balaban J connectivity index is 1.90. The van der Waals surface area contributed by atoms with Gasteiger partial charge >= 0.3 is 0 Å². The van der Waals surface area contributed by atoms with Crippen LogP contribution in [-0.2, 0) is 26.0 Å². The predicted octanol–water partition coefficient (Wildman–Crippen LogP) is 2.60. The second-order valence-electron chi connectivity index (χ2n) is 9.01. The largest absolute Gasteiger partial charge is 0.486 e. The van der Waals surface area contributed by atoms with Gasteiger partial charge in [-0.1, -0.05) is 37.3 Å². The SMILES string of the molecule is CC[C@H](C(=O)NC(C)C)N(CCc1ccccc1)C(=O)CN(c1ccc2c(c1)OCCO2)S(C)(=O)=O. The Morgan fingerprint density at radius 1 is 1.03 bits per heavy atom. The van der Waals surface area contributed by atoms with Crippen LogP contribution in [0.15, 0.2) is 48.5 Å². The fraction of sp³-hybridized carbons (Fsp3) is 0.462. The molecule has 0 unspecified atom stereocenters. The van der Waals surface area contributed by atoms with Gasteiger partial charge in [-0.2, -0.15) is 0 Å². The lowest BCUT2D eigenvalue weighted by Crippen LogP contribution is -2.54. The maximum absolute atomic E-state index is 13.7. The Bertz CT molecular complexity index is 1150. The highest BCUT2D eigenvalue weighted by Crippen LogP contribution is 2.34. The number of anilines is 1. The molecule has 0 spiro atoms. The zero-order valence-corrected chi connectivity index (χ0v) is 22.1. The molecule has 0 bridgehead atoms. The van der Waals surface area contributed by atoms with Crippen LogP contribution in [-0.4, -0.2) is 69.8 Å². The third-order valence-electron chi connectivity index (χ3n) is 5.79. The number of hydrogen-bond acceptors (Lipinski definition) is 6. The molecule has 0 saturated heterocycles. The molecular weight excluding hydrogens is 482 g/mol. The van der Waals surface area contributed by atoms with Crippen LogP contribution >= 0.6 is 0 Å². The monoisotopic (exact) mass is 517 g/mol. The van der Waals surface area contributed by atoms with Crippen molar-refractivity contribution in [3.05, 3.63) is 54.1 Å². The molecule has 0 saturated carbocycles. The molecule has 9 nitrogen and oxygen atoms in total. The van der Waals surface area contributed by atoms with Crippen LogP contribution in [0.25, 0.3) is 0 Å². The summed E-state index contributed by atoms with van der Waals surface area (Å²) in [7, 11) is -3.82. The lowest BCUT2D eigenvalue weighted by molar-refractivity contribution is -0.139. The van der Waals surface area contributed by atoms with E-state index in [9.17, 15) is 18.0 Å². The molecule has 10 heteroatoms. The zero-order valence-electron chi connectivity index (χ0n) is 21.3. The van der Waals surface area contributed by atoms with E-state index in [0.29, 0.717) is 37.6 Å². The Hall–Kier alpha value is -3.27. The molecule has 0 aromatic heterocycles. The molecule has 0 aliphatic carbocycles. The summed E-state index contributed by atoms with van der Waals surface area (Å²) < 4.78 is 37.7. The Morgan fingerprint density at radius 2 is 1.69 bits per heavy atom. The topological polar surface area (TPSA) is 105 Å². The standard InChI is InChI=1S/C26H35N3O6S/c1-5-22(26(31)27-19(2)3)28(14-13-20-9-7-6-8-10-20)25(30)18-29(36(4,32)33)21-11-12-23-24(17-21)35-16-15-34-23/h6-12,17,19,22H,5,13-16,18H2,1-4H3,(H,27,31)/t22-/m1/s1. The number of carbonyl (C=O) groups is 2. The van der Waals surface area contributed by atoms with Gasteiger partial charge in [0.1, 0.15) is 25.8 Å². The fourth-order valence-electron chi connectivity index (χ4n) is 4.08. The fourth-order valence-corrected chi connectivity index (χ4v) is 4.92. The van der Waals surface area contributed by atoms with E-state index in [1.807, 2.05) is 51.1 Å². The van der Waals surface area contributed by atoms with Gasteiger partial charge in [0, 0.05) is 18.7 Å². The predicted molar refractivity (Wildman–Crippen MR) is 139 cm³/mol. The van der Waals surface area contributed by atoms with Gasteiger partial charge in [0.05, 0.1) is 11.9 Å². The number of hydrogen-bond donors (Lipinski definition) is 1. The number of sulfonamides is 1. The minimum atomic E-state index is -3.82. The summed E-state index contributed by atoms with van der Waals surface area (Å²) in [5.41, 5.74) is 1.30. The molecule has 2 amide bonds. The number of carbonyl (C=O) groups excluding carboxylic acids is 2. The Kier molecular flexibility index (Phi) is 9.19. The lowest BCUT2D eigenvalue weighted by atomic mass is 10.1. The average molecular weight is 518 g/mol. The summed E-state index contributed by atoms with van der Waals surface area (Å²) in [6, 6.07) is 13.6. The van der Waals surface area contributed by atoms with Gasteiger partial charge in [0.15, 0.2) is 11.5 Å². The highest BCUT2D eigenvalue weighted by Gasteiger charge is 2.32. The van der Waals surface area contributed by atoms with E-state index in [1.165, 1.54) is 4.90 Å². The molecule has 1 aliphatic rings. The second-order valence-corrected chi connectivity index (χ2v) is 10.9. The van der Waals surface area contributed by atoms with E-state index in [-0.39, 0.29) is 24.2 Å². The summed E-state index contributed by atoms with van der Waals surface area (Å²) in [5, 5.41) is 2.88. The van der Waals surface area contributed by atoms with Gasteiger partial charge in [0.2, 0.25) is 21.8 Å². The number of fused-ring (bicyclic) bond motifs is 1. The van der Waals surface area contributed by atoms with Crippen LogP contribution in [0, 0.1) is 0 Å². The number of nitrogens with one attached hydrogen (secondary N) is 1. The van der Waals surface area contributed by atoms with Crippen LogP contribution in [0.4, 0.5) is 5.69 Å². The summed E-state index contributed by atoms with van der Waals surface area (Å²) in [5.74, 6) is 0.213. The van der Waals surface area contributed by atoms with Gasteiger partial charge in [-0.3, -0.25) is 13.9 Å². The number of ether oxygens (including phenoxy) is 2. The van der Waals surface area contributed by atoms with Crippen molar-refractivity contribution in [1.82, 2.24) is 10.2 Å². The zero-order chi connectivity index (χ0) is 26.3. The van der Waals surface area contributed by atoms with E-state index in [0.717, 1.165) is 16.1 Å². The first-order valence-electron chi connectivity index (χ1n) is 12.1. The average Bonchev–Trinajstić information content (AvgIpc) is 2.84. The summed E-state index contributed by atoms with van der Waals surface area (Å²) >= 11 is 0. The minimum Gasteiger partial charge on any atom is -0.486 e. The van der Waals surface area contributed by atoms with Gasteiger partial charge in [-0.25, -0.2) is 8.42 Å². The first-order valence-corrected chi connectivity index (χ1v) is 14.0. The van der Waals surface area contributed by atoms with Crippen LogP contribution in [0.3, 0.4) is 0 Å². The van der Waals surface area contributed by atoms with E-state index < -0.39 is 28.5 Å². The summed E-state index contributed by atoms with van der Waals surface area (Å²) in [6.45, 7) is 6.13. The van der Waals surface area contributed by atoms with Crippen molar-refractivity contribution < 1.29 is 27.5 Å². The molecule has 2 aromatic rings. The normalized spacial score (nSPS) is 13.7. The summed E-state index contributed by atoms with van der Waals surface area (Å²) in [4.78, 5) is 28.1. The molecule has 36 heavy (non-hydrogen) atoms. The molecule has 1 atom stereocenters. The number of rotatable bonds is 11. The number of nitrogens with zero attached hydrogens (tertiary/aromatic N) is 2.